The molecule has 2 fully saturated rings. The first-order valence-corrected chi connectivity index (χ1v) is 7.63. The summed E-state index contributed by atoms with van der Waals surface area (Å²) in [6.07, 6.45) is 4.61. The first-order valence-electron chi connectivity index (χ1n) is 6.58. The van der Waals surface area contributed by atoms with E-state index in [0.717, 1.165) is 12.8 Å². The van der Waals surface area contributed by atoms with Crippen molar-refractivity contribution >= 4 is 23.8 Å². The van der Waals surface area contributed by atoms with Crippen molar-refractivity contribution in [3.8, 4) is 0 Å². The normalized spacial score (nSPS) is 27.9. The van der Waals surface area contributed by atoms with E-state index in [0.29, 0.717) is 18.1 Å². The molecular weight excluding hydrogens is 264 g/mol. The Morgan fingerprint density at radius 3 is 2.79 bits per heavy atom. The maximum absolute atomic E-state index is 12.3. The van der Waals surface area contributed by atoms with Gasteiger partial charge in [0.05, 0.1) is 5.37 Å². The van der Waals surface area contributed by atoms with Crippen molar-refractivity contribution in [3.63, 3.8) is 0 Å². The number of carboxylic acid groups (broad SMARTS) is 1. The lowest BCUT2D eigenvalue weighted by Crippen LogP contribution is -2.52. The quantitative estimate of drug-likeness (QED) is 0.757. The molecule has 5 nitrogen and oxygen atoms in total. The van der Waals surface area contributed by atoms with E-state index in [4.69, 9.17) is 0 Å². The van der Waals surface area contributed by atoms with Crippen LogP contribution in [0.2, 0.25) is 0 Å². The van der Waals surface area contributed by atoms with Crippen LogP contribution in [0.1, 0.15) is 26.2 Å². The number of aliphatic carboxylic acids is 1. The van der Waals surface area contributed by atoms with Crippen LogP contribution >= 0.6 is 11.8 Å². The summed E-state index contributed by atoms with van der Waals surface area (Å²) in [4.78, 5) is 25.1. The Morgan fingerprint density at radius 2 is 2.26 bits per heavy atom. The van der Waals surface area contributed by atoms with Gasteiger partial charge in [0, 0.05) is 11.8 Å². The zero-order chi connectivity index (χ0) is 14.0. The van der Waals surface area contributed by atoms with Crippen molar-refractivity contribution in [2.24, 2.45) is 5.92 Å². The topological polar surface area (TPSA) is 69.6 Å². The van der Waals surface area contributed by atoms with Gasteiger partial charge in [-0.25, -0.2) is 9.59 Å². The zero-order valence-electron chi connectivity index (χ0n) is 11.0. The molecule has 1 aliphatic carbocycles. The maximum Gasteiger partial charge on any atom is 0.327 e. The molecule has 6 heteroatoms. The number of hydrogen-bond acceptors (Lipinski definition) is 3. The molecule has 106 valence electrons. The summed E-state index contributed by atoms with van der Waals surface area (Å²) < 4.78 is 0. The smallest absolute Gasteiger partial charge is 0.327 e. The van der Waals surface area contributed by atoms with Gasteiger partial charge in [-0.2, -0.15) is 0 Å². The molecule has 0 aromatic carbocycles. The molecule has 1 saturated carbocycles. The van der Waals surface area contributed by atoms with Crippen LogP contribution in [0.5, 0.6) is 0 Å². The average molecular weight is 284 g/mol. The molecule has 19 heavy (non-hydrogen) atoms. The van der Waals surface area contributed by atoms with Crippen LogP contribution in [0.25, 0.3) is 0 Å². The van der Waals surface area contributed by atoms with E-state index in [2.05, 4.69) is 11.9 Å². The van der Waals surface area contributed by atoms with Gasteiger partial charge in [-0.15, -0.1) is 18.3 Å². The summed E-state index contributed by atoms with van der Waals surface area (Å²) in [5.74, 6) is 0.0386. The summed E-state index contributed by atoms with van der Waals surface area (Å²) in [7, 11) is 0. The number of hydrogen-bond donors (Lipinski definition) is 2. The van der Waals surface area contributed by atoms with Gasteiger partial charge in [0.25, 0.3) is 0 Å². The van der Waals surface area contributed by atoms with E-state index in [1.54, 1.807) is 17.8 Å². The Kier molecular flexibility index (Phi) is 4.39. The molecule has 0 aromatic rings. The molecule has 1 saturated heterocycles. The van der Waals surface area contributed by atoms with Crippen LogP contribution in [0.4, 0.5) is 4.79 Å². The van der Waals surface area contributed by atoms with Crippen LogP contribution in [-0.2, 0) is 4.79 Å². The number of thioether (sulfide) groups is 1. The molecule has 2 amide bonds. The average Bonchev–Trinajstić information content (AvgIpc) is 3.07. The fourth-order valence-electron chi connectivity index (χ4n) is 2.31. The van der Waals surface area contributed by atoms with Crippen molar-refractivity contribution in [2.45, 2.75) is 43.6 Å². The minimum Gasteiger partial charge on any atom is -0.480 e. The number of rotatable bonds is 5. The lowest BCUT2D eigenvalue weighted by Gasteiger charge is -2.28. The number of nitrogens with zero attached hydrogens (tertiary/aromatic N) is 1. The molecule has 0 bridgehead atoms. The lowest BCUT2D eigenvalue weighted by atomic mass is 10.2. The number of nitrogens with one attached hydrogen (secondary N) is 1. The number of carbonyl (C=O) groups is 2. The molecule has 0 radical (unpaired) electrons. The summed E-state index contributed by atoms with van der Waals surface area (Å²) in [5, 5.41) is 12.1. The summed E-state index contributed by atoms with van der Waals surface area (Å²) >= 11 is 1.59. The molecule has 2 aliphatic rings. The molecule has 2 N–H and O–H groups in total. The van der Waals surface area contributed by atoms with Gasteiger partial charge < -0.3 is 10.4 Å². The predicted molar refractivity (Wildman–Crippen MR) is 75.0 cm³/mol. The highest BCUT2D eigenvalue weighted by Crippen LogP contribution is 2.45. The molecule has 2 rings (SSSR count). The number of carboxylic acids is 1. The van der Waals surface area contributed by atoms with Gasteiger partial charge in [-0.1, -0.05) is 6.08 Å². The van der Waals surface area contributed by atoms with Crippen molar-refractivity contribution in [1.82, 2.24) is 10.2 Å². The molecule has 3 atom stereocenters. The fraction of sp³-hybridized carbons (Fsp3) is 0.692. The van der Waals surface area contributed by atoms with E-state index >= 15 is 0 Å². The van der Waals surface area contributed by atoms with Gasteiger partial charge >= 0.3 is 12.0 Å². The van der Waals surface area contributed by atoms with Crippen LogP contribution in [-0.4, -0.2) is 45.2 Å². The van der Waals surface area contributed by atoms with E-state index in [9.17, 15) is 14.7 Å². The maximum atomic E-state index is 12.3. The lowest BCUT2D eigenvalue weighted by molar-refractivity contribution is -0.141. The first kappa shape index (κ1) is 14.2. The van der Waals surface area contributed by atoms with Crippen LogP contribution < -0.4 is 5.32 Å². The molecule has 1 heterocycles. The predicted octanol–water partition coefficient (Wildman–Crippen LogP) is 1.90. The van der Waals surface area contributed by atoms with Crippen LogP contribution in [0, 0.1) is 5.92 Å². The highest BCUT2D eigenvalue weighted by molar-refractivity contribution is 8.00. The van der Waals surface area contributed by atoms with Crippen molar-refractivity contribution < 1.29 is 14.7 Å². The molecule has 0 aromatic heterocycles. The molecule has 0 spiro atoms. The van der Waals surface area contributed by atoms with Crippen molar-refractivity contribution in [1.29, 1.82) is 0 Å². The van der Waals surface area contributed by atoms with Gasteiger partial charge in [-0.3, -0.25) is 4.90 Å². The second-order valence-electron chi connectivity index (χ2n) is 5.20. The number of carbonyl (C=O) groups excluding carboxylic acids is 1. The Bertz CT molecular complexity index is 384. The van der Waals surface area contributed by atoms with Crippen LogP contribution in [0.15, 0.2) is 12.7 Å². The van der Waals surface area contributed by atoms with E-state index in [1.807, 2.05) is 6.92 Å². The SMILES string of the molecule is C=CCC(C)NC(=O)N1C(C(=O)O)CSC1C1CC1. The second kappa shape index (κ2) is 5.86. The highest BCUT2D eigenvalue weighted by Gasteiger charge is 2.48. The van der Waals surface area contributed by atoms with Gasteiger partial charge in [0.15, 0.2) is 0 Å². The Hall–Kier alpha value is -1.17. The van der Waals surface area contributed by atoms with Crippen LogP contribution in [0.3, 0.4) is 0 Å². The minimum atomic E-state index is -0.915. The van der Waals surface area contributed by atoms with E-state index in [1.165, 1.54) is 4.90 Å². The van der Waals surface area contributed by atoms with Crippen molar-refractivity contribution in [3.05, 3.63) is 12.7 Å². The number of urea groups is 1. The minimum absolute atomic E-state index is 0.0232. The highest BCUT2D eigenvalue weighted by atomic mass is 32.2. The van der Waals surface area contributed by atoms with Gasteiger partial charge in [-0.05, 0) is 32.1 Å². The van der Waals surface area contributed by atoms with Crippen molar-refractivity contribution in [2.75, 3.05) is 5.75 Å². The monoisotopic (exact) mass is 284 g/mol. The van der Waals surface area contributed by atoms with E-state index in [-0.39, 0.29) is 17.4 Å². The largest absolute Gasteiger partial charge is 0.480 e. The van der Waals surface area contributed by atoms with E-state index < -0.39 is 12.0 Å². The second-order valence-corrected chi connectivity index (χ2v) is 6.35. The third kappa shape index (κ3) is 3.23. The Labute approximate surface area is 117 Å². The van der Waals surface area contributed by atoms with Gasteiger partial charge in [0.2, 0.25) is 0 Å². The Morgan fingerprint density at radius 1 is 1.58 bits per heavy atom. The molecule has 3 unspecified atom stereocenters. The van der Waals surface area contributed by atoms with Gasteiger partial charge in [0.1, 0.15) is 6.04 Å². The summed E-state index contributed by atoms with van der Waals surface area (Å²) in [6.45, 7) is 5.53. The molecule has 1 aliphatic heterocycles. The standard InChI is InChI=1S/C13H20N2O3S/c1-3-4-8(2)14-13(18)15-10(12(16)17)7-19-11(15)9-5-6-9/h3,8-11H,1,4-7H2,2H3,(H,14,18)(H,16,17). The number of amides is 2. The fourth-order valence-corrected chi connectivity index (χ4v) is 3.94. The third-order valence-electron chi connectivity index (χ3n) is 3.47. The first-order chi connectivity index (χ1) is 9.04. The molecular formula is C13H20N2O3S. The third-order valence-corrected chi connectivity index (χ3v) is 4.93. The summed E-state index contributed by atoms with van der Waals surface area (Å²) in [6, 6.07) is -0.986. The summed E-state index contributed by atoms with van der Waals surface area (Å²) in [5.41, 5.74) is 0. The Balaban J connectivity index is 2.04. The zero-order valence-corrected chi connectivity index (χ0v) is 11.9.